The third-order valence-corrected chi connectivity index (χ3v) is 3.34. The fourth-order valence-corrected chi connectivity index (χ4v) is 2.49. The topological polar surface area (TPSA) is 56.8 Å². The van der Waals surface area contributed by atoms with E-state index in [9.17, 15) is 0 Å². The number of ether oxygens (including phenoxy) is 1. The first-order valence-corrected chi connectivity index (χ1v) is 6.88. The van der Waals surface area contributed by atoms with Crippen LogP contribution in [0, 0.1) is 28.3 Å². The molecule has 0 unspecified atom stereocenters. The summed E-state index contributed by atoms with van der Waals surface area (Å²) < 4.78 is 5.38. The van der Waals surface area contributed by atoms with Gasteiger partial charge in [0.05, 0.1) is 7.11 Å². The van der Waals surface area contributed by atoms with Crippen LogP contribution in [0.1, 0.15) is 16.7 Å². The van der Waals surface area contributed by atoms with Crippen LogP contribution < -0.4 is 4.74 Å². The van der Waals surface area contributed by atoms with Crippen molar-refractivity contribution in [2.24, 2.45) is 0 Å². The minimum absolute atomic E-state index is 0.603. The van der Waals surface area contributed by atoms with Crippen LogP contribution in [0.25, 0.3) is 0 Å². The first kappa shape index (κ1) is 13.8. The third kappa shape index (κ3) is 3.89. The van der Waals surface area contributed by atoms with Crippen molar-refractivity contribution in [1.82, 2.24) is 0 Å². The molecule has 0 atom stereocenters. The van der Waals surface area contributed by atoms with Gasteiger partial charge in [-0.1, -0.05) is 17.7 Å². The number of hydrogen-bond acceptors (Lipinski definition) is 5. The molecule has 0 bridgehead atoms. The zero-order valence-electron chi connectivity index (χ0n) is 9.69. The van der Waals surface area contributed by atoms with Crippen molar-refractivity contribution in [3.8, 4) is 16.6 Å². The summed E-state index contributed by atoms with van der Waals surface area (Å²) in [4.78, 5) is 0. The van der Waals surface area contributed by atoms with E-state index in [1.807, 2.05) is 19.1 Å². The Morgan fingerprint density at radius 1 is 1.12 bits per heavy atom. The van der Waals surface area contributed by atoms with E-state index in [4.69, 9.17) is 15.3 Å². The van der Waals surface area contributed by atoms with E-state index in [0.29, 0.717) is 11.5 Å². The highest BCUT2D eigenvalue weighted by atomic mass is 32.2. The molecule has 5 heteroatoms. The lowest BCUT2D eigenvalue weighted by Crippen LogP contribution is -1.97. The van der Waals surface area contributed by atoms with Crippen LogP contribution in [0.3, 0.4) is 0 Å². The highest BCUT2D eigenvalue weighted by Gasteiger charge is 2.10. The number of nitriles is 2. The molecule has 0 amide bonds. The molecule has 0 saturated heterocycles. The van der Waals surface area contributed by atoms with Crippen LogP contribution in [0.4, 0.5) is 0 Å². The second-order valence-electron chi connectivity index (χ2n) is 3.38. The highest BCUT2D eigenvalue weighted by Crippen LogP contribution is 2.31. The zero-order valence-corrected chi connectivity index (χ0v) is 11.3. The summed E-state index contributed by atoms with van der Waals surface area (Å²) in [6.07, 6.45) is 0. The minimum atomic E-state index is 0.603. The minimum Gasteiger partial charge on any atom is -0.496 e. The van der Waals surface area contributed by atoms with Gasteiger partial charge in [0.25, 0.3) is 0 Å². The average molecular weight is 264 g/mol. The third-order valence-electron chi connectivity index (χ3n) is 2.18. The number of thiocyanates is 2. The van der Waals surface area contributed by atoms with Crippen LogP contribution >= 0.6 is 23.5 Å². The van der Waals surface area contributed by atoms with Gasteiger partial charge >= 0.3 is 0 Å². The van der Waals surface area contributed by atoms with Gasteiger partial charge in [0.15, 0.2) is 0 Å². The maximum atomic E-state index is 8.60. The second kappa shape index (κ2) is 7.11. The molecule has 0 aliphatic carbocycles. The monoisotopic (exact) mass is 264 g/mol. The van der Waals surface area contributed by atoms with Crippen molar-refractivity contribution in [2.45, 2.75) is 18.4 Å². The number of benzene rings is 1. The van der Waals surface area contributed by atoms with E-state index < -0.39 is 0 Å². The molecule has 0 heterocycles. The van der Waals surface area contributed by atoms with Gasteiger partial charge in [-0.3, -0.25) is 0 Å². The summed E-state index contributed by atoms with van der Waals surface area (Å²) >= 11 is 2.37. The molecule has 1 aromatic rings. The Bertz CT molecular complexity index is 435. The molecule has 0 aromatic heterocycles. The van der Waals surface area contributed by atoms with E-state index in [1.165, 1.54) is 23.5 Å². The molecule has 0 N–H and O–H groups in total. The van der Waals surface area contributed by atoms with Gasteiger partial charge in [0.2, 0.25) is 0 Å². The quantitative estimate of drug-likeness (QED) is 0.762. The molecule has 0 saturated carbocycles. The molecule has 0 spiro atoms. The number of rotatable bonds is 5. The Labute approximate surface area is 110 Å². The van der Waals surface area contributed by atoms with Crippen LogP contribution in [0.5, 0.6) is 5.75 Å². The number of nitrogens with zero attached hydrogens (tertiary/aromatic N) is 2. The lowest BCUT2D eigenvalue weighted by Gasteiger charge is -2.13. The number of hydrogen-bond donors (Lipinski definition) is 0. The van der Waals surface area contributed by atoms with Crippen molar-refractivity contribution in [3.05, 3.63) is 28.8 Å². The SMILES string of the molecule is COc1c(CSC#N)cc(C)cc1CSC#N. The molecule has 88 valence electrons. The van der Waals surface area contributed by atoms with Crippen molar-refractivity contribution >= 4 is 23.5 Å². The molecular weight excluding hydrogens is 252 g/mol. The normalized spacial score (nSPS) is 9.41. The lowest BCUT2D eigenvalue weighted by molar-refractivity contribution is 0.408. The van der Waals surface area contributed by atoms with Gasteiger partial charge < -0.3 is 4.74 Å². The van der Waals surface area contributed by atoms with Crippen LogP contribution in [-0.2, 0) is 11.5 Å². The van der Waals surface area contributed by atoms with Gasteiger partial charge in [-0.15, -0.1) is 0 Å². The molecule has 0 fully saturated rings. The summed E-state index contributed by atoms with van der Waals surface area (Å²) in [5.74, 6) is 2.00. The summed E-state index contributed by atoms with van der Waals surface area (Å²) in [5, 5.41) is 21.3. The Morgan fingerprint density at radius 3 is 1.94 bits per heavy atom. The maximum absolute atomic E-state index is 8.60. The van der Waals surface area contributed by atoms with Crippen LogP contribution in [-0.4, -0.2) is 7.11 Å². The van der Waals surface area contributed by atoms with E-state index in [2.05, 4.69) is 10.8 Å². The molecule has 0 aliphatic heterocycles. The van der Waals surface area contributed by atoms with Gasteiger partial charge in [-0.2, -0.15) is 10.5 Å². The van der Waals surface area contributed by atoms with Crippen molar-refractivity contribution in [2.75, 3.05) is 7.11 Å². The molecule has 1 aromatic carbocycles. The van der Waals surface area contributed by atoms with E-state index in [1.54, 1.807) is 7.11 Å². The van der Waals surface area contributed by atoms with Gasteiger partial charge in [0.1, 0.15) is 16.6 Å². The Kier molecular flexibility index (Phi) is 5.76. The van der Waals surface area contributed by atoms with E-state index in [-0.39, 0.29) is 0 Å². The predicted molar refractivity (Wildman–Crippen MR) is 71.5 cm³/mol. The van der Waals surface area contributed by atoms with Crippen molar-refractivity contribution < 1.29 is 4.74 Å². The van der Waals surface area contributed by atoms with E-state index in [0.717, 1.165) is 22.4 Å². The first-order chi connectivity index (χ1) is 8.22. The Balaban J connectivity index is 3.07. The average Bonchev–Trinajstić information content (AvgIpc) is 2.33. The molecule has 0 radical (unpaired) electrons. The fourth-order valence-electron chi connectivity index (χ4n) is 1.63. The Morgan fingerprint density at radius 2 is 1.59 bits per heavy atom. The molecule has 1 rings (SSSR count). The molecule has 0 aliphatic rings. The van der Waals surface area contributed by atoms with Crippen molar-refractivity contribution in [1.29, 1.82) is 10.5 Å². The Hall–Kier alpha value is -1.30. The van der Waals surface area contributed by atoms with Gasteiger partial charge in [0, 0.05) is 22.6 Å². The molecular formula is C12H12N2OS2. The van der Waals surface area contributed by atoms with Gasteiger partial charge in [-0.25, -0.2) is 0 Å². The lowest BCUT2D eigenvalue weighted by atomic mass is 10.1. The number of thioether (sulfide) groups is 2. The highest BCUT2D eigenvalue weighted by molar-refractivity contribution is 8.03. The second-order valence-corrected chi connectivity index (χ2v) is 4.90. The van der Waals surface area contributed by atoms with Crippen molar-refractivity contribution in [3.63, 3.8) is 0 Å². The summed E-state index contributed by atoms with van der Waals surface area (Å²) in [6, 6.07) is 4.04. The fraction of sp³-hybridized carbons (Fsp3) is 0.333. The summed E-state index contributed by atoms with van der Waals surface area (Å²) in [5.41, 5.74) is 3.13. The van der Waals surface area contributed by atoms with Crippen LogP contribution in [0.15, 0.2) is 12.1 Å². The van der Waals surface area contributed by atoms with E-state index >= 15 is 0 Å². The standard InChI is InChI=1S/C12H12N2OS2/c1-9-3-10(5-16-7-13)12(15-2)11(4-9)6-17-8-14/h3-4H,5-6H2,1-2H3. The zero-order chi connectivity index (χ0) is 12.7. The largest absolute Gasteiger partial charge is 0.496 e. The summed E-state index contributed by atoms with van der Waals surface area (Å²) in [7, 11) is 1.62. The molecule has 17 heavy (non-hydrogen) atoms. The van der Waals surface area contributed by atoms with Crippen LogP contribution in [0.2, 0.25) is 0 Å². The summed E-state index contributed by atoms with van der Waals surface area (Å²) in [6.45, 7) is 2.00. The van der Waals surface area contributed by atoms with Gasteiger partial charge in [-0.05, 0) is 30.4 Å². The smallest absolute Gasteiger partial charge is 0.133 e. The number of aryl methyl sites for hydroxylation is 1. The predicted octanol–water partition coefficient (Wildman–Crippen LogP) is 3.43. The maximum Gasteiger partial charge on any atom is 0.133 e. The molecule has 3 nitrogen and oxygen atoms in total. The number of methoxy groups -OCH3 is 1. The first-order valence-electron chi connectivity index (χ1n) is 4.91.